The lowest BCUT2D eigenvalue weighted by atomic mass is 9.59. The minimum atomic E-state index is -2.23. The number of fused-ring (bicyclic) bond motifs is 3. The van der Waals surface area contributed by atoms with Gasteiger partial charge in [-0.2, -0.15) is 0 Å². The highest BCUT2D eigenvalue weighted by Gasteiger charge is 2.27. The third-order valence-electron chi connectivity index (χ3n) is 9.91. The third-order valence-corrected chi connectivity index (χ3v) is 9.91. The van der Waals surface area contributed by atoms with Gasteiger partial charge in [-0.1, -0.05) is 94.6 Å². The fourth-order valence-electron chi connectivity index (χ4n) is 7.34. The molecule has 0 saturated heterocycles. The first-order valence-corrected chi connectivity index (χ1v) is 16.6. The maximum absolute atomic E-state index is 10.7. The molecular formula is C40H18B10N2O. The maximum Gasteiger partial charge on any atom is 0.127 e. The number of hydrogen-bond donors (Lipinski definition) is 1. The summed E-state index contributed by atoms with van der Waals surface area (Å²) in [4.78, 5) is 4.52. The van der Waals surface area contributed by atoms with E-state index in [2.05, 4.69) is 4.98 Å². The Kier molecular flexibility index (Phi) is 8.58. The van der Waals surface area contributed by atoms with E-state index < -0.39 is 5.40 Å². The predicted octanol–water partition coefficient (Wildman–Crippen LogP) is -0.877. The van der Waals surface area contributed by atoms with Crippen LogP contribution in [-0.2, 0) is 5.40 Å². The molecule has 8 aromatic rings. The lowest BCUT2D eigenvalue weighted by molar-refractivity contribution is 0.205. The fraction of sp³-hybridized carbons (Fsp3) is 0.0250. The first-order chi connectivity index (χ1) is 25.3. The Labute approximate surface area is 321 Å². The van der Waals surface area contributed by atoms with E-state index in [1.54, 1.807) is 10.6 Å². The van der Waals surface area contributed by atoms with Gasteiger partial charge < -0.3 is 5.11 Å². The lowest BCUT2D eigenvalue weighted by Gasteiger charge is -2.28. The zero-order chi connectivity index (χ0) is 37.5. The summed E-state index contributed by atoms with van der Waals surface area (Å²) in [6, 6.07) is 32.6. The summed E-state index contributed by atoms with van der Waals surface area (Å²) in [5.41, 5.74) is 7.71. The molecule has 20 radical (unpaired) electrons. The molecule has 0 spiro atoms. The molecule has 0 bridgehead atoms. The Balaban J connectivity index is 1.50. The maximum atomic E-state index is 10.7. The number of benzene rings is 7. The molecule has 0 aliphatic heterocycles. The SMILES string of the molecule is [B]c1c([B])c([B])c2c(-c3cccc(-c4ccccc4)c3)c3c([B])c([B])c([B])c([B])c3c(-c3ccc(-n4c(C([B])([B])O)nc5ccccc54)cc3)c2c1[B]. The number of hydrogen-bond acceptors (Lipinski definition) is 2. The van der Waals surface area contributed by atoms with Crippen LogP contribution in [0.15, 0.2) is 103 Å². The first kappa shape index (κ1) is 35.2. The fourth-order valence-corrected chi connectivity index (χ4v) is 7.34. The average molecular weight is 651 g/mol. The predicted molar refractivity (Wildman–Crippen MR) is 231 cm³/mol. The second-order valence-corrected chi connectivity index (χ2v) is 13.1. The Morgan fingerprint density at radius 3 is 1.43 bits per heavy atom. The van der Waals surface area contributed by atoms with E-state index >= 15 is 0 Å². The molecule has 1 heterocycles. The van der Waals surface area contributed by atoms with E-state index in [1.165, 1.54) is 0 Å². The second kappa shape index (κ2) is 12.9. The number of rotatable bonds is 5. The van der Waals surface area contributed by atoms with Crippen LogP contribution in [0.2, 0.25) is 0 Å². The van der Waals surface area contributed by atoms with Gasteiger partial charge in [0.15, 0.2) is 0 Å². The molecule has 0 amide bonds. The van der Waals surface area contributed by atoms with Crippen LogP contribution < -0.4 is 43.7 Å². The summed E-state index contributed by atoms with van der Waals surface area (Å²) in [5.74, 6) is 0.0463. The van der Waals surface area contributed by atoms with Gasteiger partial charge in [0.25, 0.3) is 0 Å². The van der Waals surface area contributed by atoms with Gasteiger partial charge in [-0.15, -0.1) is 21.9 Å². The minimum Gasteiger partial charge on any atom is -0.402 e. The van der Waals surface area contributed by atoms with E-state index in [0.717, 1.165) is 16.7 Å². The summed E-state index contributed by atoms with van der Waals surface area (Å²) in [7, 11) is 65.9. The largest absolute Gasteiger partial charge is 0.402 e. The number of nitrogens with zero attached hydrogens (tertiary/aromatic N) is 2. The molecule has 13 heteroatoms. The van der Waals surface area contributed by atoms with Crippen molar-refractivity contribution in [1.82, 2.24) is 9.55 Å². The molecule has 53 heavy (non-hydrogen) atoms. The monoisotopic (exact) mass is 652 g/mol. The number of aromatic nitrogens is 2. The molecule has 0 unspecified atom stereocenters. The van der Waals surface area contributed by atoms with Crippen LogP contribution in [0, 0.1) is 0 Å². The highest BCUT2D eigenvalue weighted by molar-refractivity contribution is 6.71. The van der Waals surface area contributed by atoms with E-state index in [0.29, 0.717) is 55.0 Å². The molecular weight excluding hydrogens is 633 g/mol. The normalized spacial score (nSPS) is 11.9. The van der Waals surface area contributed by atoms with Crippen LogP contribution in [0.25, 0.3) is 71.6 Å². The molecule has 1 aromatic heterocycles. The van der Waals surface area contributed by atoms with Crippen LogP contribution in [-0.4, -0.2) is 93.1 Å². The molecule has 1 N–H and O–H groups in total. The zero-order valence-electron chi connectivity index (χ0n) is 28.4. The number of aliphatic hydroxyl groups is 1. The van der Waals surface area contributed by atoms with Gasteiger partial charge in [0.2, 0.25) is 0 Å². The van der Waals surface area contributed by atoms with E-state index in [-0.39, 0.29) is 49.5 Å². The van der Waals surface area contributed by atoms with Gasteiger partial charge in [0.1, 0.15) is 84.3 Å². The molecule has 0 saturated carbocycles. The van der Waals surface area contributed by atoms with Crippen molar-refractivity contribution in [2.45, 2.75) is 5.40 Å². The quantitative estimate of drug-likeness (QED) is 0.194. The van der Waals surface area contributed by atoms with Crippen molar-refractivity contribution in [2.75, 3.05) is 0 Å². The molecule has 3 nitrogen and oxygen atoms in total. The van der Waals surface area contributed by atoms with Crippen LogP contribution in [0.1, 0.15) is 5.82 Å². The Bertz CT molecular complexity index is 2710. The smallest absolute Gasteiger partial charge is 0.127 e. The third kappa shape index (κ3) is 5.50. The molecule has 224 valence electrons. The van der Waals surface area contributed by atoms with Gasteiger partial charge >= 0.3 is 0 Å². The standard InChI is InChI=1S/C40H18B10N2O/c41-31-27-25(19-13-15-22(16-14-19)52-24-12-5-4-11-23(24)51-39(52)40(49,50)53)28-30(34(44)38(48)36(46)32(28)42)26(29(27)33(43)37(47)35(31)45)21-10-6-9-20(17-21)18-7-2-1-3-8-18/h1-17,53H. The summed E-state index contributed by atoms with van der Waals surface area (Å²) in [5, 5.41) is 10.5. The lowest BCUT2D eigenvalue weighted by Crippen LogP contribution is -2.50. The topological polar surface area (TPSA) is 38.0 Å². The average Bonchev–Trinajstić information content (AvgIpc) is 3.58. The molecule has 7 aromatic carbocycles. The Morgan fingerprint density at radius 2 is 0.906 bits per heavy atom. The highest BCUT2D eigenvalue weighted by atomic mass is 16.3. The van der Waals surface area contributed by atoms with Crippen molar-refractivity contribution in [3.05, 3.63) is 109 Å². The summed E-state index contributed by atoms with van der Waals surface area (Å²) in [6.07, 6.45) is 0. The summed E-state index contributed by atoms with van der Waals surface area (Å²) < 4.78 is 1.69. The van der Waals surface area contributed by atoms with Gasteiger partial charge in [-0.3, -0.25) is 4.57 Å². The minimum absolute atomic E-state index is 0.0463. The van der Waals surface area contributed by atoms with Crippen molar-refractivity contribution >= 4 is 155 Å². The summed E-state index contributed by atoms with van der Waals surface area (Å²) >= 11 is 0. The molecule has 8 rings (SSSR count). The number of imidazole rings is 1. The molecule has 0 aliphatic carbocycles. The van der Waals surface area contributed by atoms with Crippen LogP contribution in [0.5, 0.6) is 0 Å². The molecule has 0 fully saturated rings. The highest BCUT2D eigenvalue weighted by Crippen LogP contribution is 2.41. The van der Waals surface area contributed by atoms with Crippen LogP contribution >= 0.6 is 0 Å². The van der Waals surface area contributed by atoms with Crippen LogP contribution in [0.4, 0.5) is 0 Å². The first-order valence-electron chi connectivity index (χ1n) is 16.6. The van der Waals surface area contributed by atoms with Gasteiger partial charge in [-0.25, -0.2) is 4.98 Å². The van der Waals surface area contributed by atoms with Crippen molar-refractivity contribution < 1.29 is 5.11 Å². The van der Waals surface area contributed by atoms with Gasteiger partial charge in [0.05, 0.1) is 11.0 Å². The molecule has 0 atom stereocenters. The second-order valence-electron chi connectivity index (χ2n) is 13.1. The zero-order valence-corrected chi connectivity index (χ0v) is 28.4. The Morgan fingerprint density at radius 1 is 0.453 bits per heavy atom. The number of para-hydroxylation sites is 2. The summed E-state index contributed by atoms with van der Waals surface area (Å²) in [6.45, 7) is 0. The van der Waals surface area contributed by atoms with E-state index in [4.69, 9.17) is 78.5 Å². The van der Waals surface area contributed by atoms with E-state index in [9.17, 15) is 5.11 Å². The Hall–Kier alpha value is -4.86. The van der Waals surface area contributed by atoms with Crippen molar-refractivity contribution in [1.29, 1.82) is 0 Å². The molecule has 0 aliphatic rings. The van der Waals surface area contributed by atoms with Crippen molar-refractivity contribution in [3.8, 4) is 39.1 Å². The van der Waals surface area contributed by atoms with Crippen molar-refractivity contribution in [2.24, 2.45) is 0 Å². The van der Waals surface area contributed by atoms with Crippen LogP contribution in [0.3, 0.4) is 0 Å². The van der Waals surface area contributed by atoms with Gasteiger partial charge in [0, 0.05) is 11.1 Å². The van der Waals surface area contributed by atoms with Crippen molar-refractivity contribution in [3.63, 3.8) is 0 Å². The van der Waals surface area contributed by atoms with E-state index in [1.807, 2.05) is 97.1 Å². The van der Waals surface area contributed by atoms with Gasteiger partial charge in [-0.05, 0) is 85.3 Å².